The van der Waals surface area contributed by atoms with Crippen molar-refractivity contribution in [3.05, 3.63) is 206 Å². The van der Waals surface area contributed by atoms with Gasteiger partial charge in [0.15, 0.2) is 5.82 Å². The van der Waals surface area contributed by atoms with Gasteiger partial charge in [0.05, 0.1) is 33.5 Å². The van der Waals surface area contributed by atoms with Crippen LogP contribution < -0.4 is 0 Å². The van der Waals surface area contributed by atoms with Crippen molar-refractivity contribution in [1.82, 2.24) is 19.1 Å². The van der Waals surface area contributed by atoms with E-state index in [1.165, 1.54) is 43.7 Å². The van der Waals surface area contributed by atoms with Crippen LogP contribution in [0.25, 0.3) is 100 Å². The molecule has 0 fully saturated rings. The summed E-state index contributed by atoms with van der Waals surface area (Å²) in [6.07, 6.45) is 0. The Hall–Kier alpha value is -7.56. The molecule has 0 bridgehead atoms. The Kier molecular flexibility index (Phi) is 7.46. The molecule has 262 valence electrons. The van der Waals surface area contributed by atoms with Gasteiger partial charge in [-0.05, 0) is 65.7 Å². The van der Waals surface area contributed by atoms with Gasteiger partial charge in [-0.1, -0.05) is 152 Å². The van der Waals surface area contributed by atoms with Gasteiger partial charge in [0, 0.05) is 49.6 Å². The number of fused-ring (bicyclic) bond motifs is 6. The van der Waals surface area contributed by atoms with Gasteiger partial charge in [0.2, 0.25) is 0 Å². The third kappa shape index (κ3) is 5.15. The van der Waals surface area contributed by atoms with Crippen LogP contribution in [0.4, 0.5) is 0 Å². The molecule has 0 spiro atoms. The molecule has 0 atom stereocenters. The van der Waals surface area contributed by atoms with Crippen molar-refractivity contribution in [3.8, 4) is 56.4 Å². The standard InChI is InChI=1S/C52H34N4/c1-5-17-35(18-6-1)45-34-46(54-52(53-45)36-19-7-2-8-20-36)42-27-15-28-43-50-40(26-16-30-49(50)56(51(42)43)39-23-11-4-12-24-39)37-31-32-48-44(33-37)41-25-13-14-29-47(41)55(48)38-21-9-3-10-22-38/h1-34H. The van der Waals surface area contributed by atoms with Gasteiger partial charge in [-0.2, -0.15) is 0 Å². The maximum atomic E-state index is 5.30. The van der Waals surface area contributed by atoms with Crippen LogP contribution in [0.5, 0.6) is 0 Å². The molecule has 0 saturated heterocycles. The van der Waals surface area contributed by atoms with E-state index in [9.17, 15) is 0 Å². The fraction of sp³-hybridized carbons (Fsp3) is 0. The molecule has 0 aliphatic rings. The second-order valence-electron chi connectivity index (χ2n) is 14.2. The first-order valence-corrected chi connectivity index (χ1v) is 19.0. The summed E-state index contributed by atoms with van der Waals surface area (Å²) in [5.74, 6) is 0.699. The molecule has 0 radical (unpaired) electrons. The van der Waals surface area contributed by atoms with Gasteiger partial charge in [-0.3, -0.25) is 0 Å². The molecule has 4 heteroatoms. The van der Waals surface area contributed by atoms with E-state index in [1.807, 2.05) is 24.3 Å². The summed E-state index contributed by atoms with van der Waals surface area (Å²) < 4.78 is 4.79. The molecule has 8 aromatic carbocycles. The van der Waals surface area contributed by atoms with E-state index in [0.717, 1.165) is 50.5 Å². The Labute approximate surface area is 324 Å². The highest BCUT2D eigenvalue weighted by Crippen LogP contribution is 2.44. The summed E-state index contributed by atoms with van der Waals surface area (Å²) in [4.78, 5) is 10.4. The van der Waals surface area contributed by atoms with Gasteiger partial charge in [0.1, 0.15) is 0 Å². The van der Waals surface area contributed by atoms with Crippen LogP contribution in [-0.4, -0.2) is 19.1 Å². The number of para-hydroxylation sites is 4. The Morgan fingerprint density at radius 1 is 0.321 bits per heavy atom. The number of hydrogen-bond acceptors (Lipinski definition) is 2. The summed E-state index contributed by atoms with van der Waals surface area (Å²) in [5.41, 5.74) is 14.1. The molecular formula is C52H34N4. The lowest BCUT2D eigenvalue weighted by Gasteiger charge is -2.13. The maximum Gasteiger partial charge on any atom is 0.160 e. The second-order valence-corrected chi connectivity index (χ2v) is 14.2. The van der Waals surface area contributed by atoms with E-state index in [0.29, 0.717) is 5.82 Å². The first kappa shape index (κ1) is 31.9. The Morgan fingerprint density at radius 2 is 0.875 bits per heavy atom. The molecule has 56 heavy (non-hydrogen) atoms. The number of benzene rings is 8. The first-order valence-electron chi connectivity index (χ1n) is 19.0. The molecule has 0 aliphatic heterocycles. The van der Waals surface area contributed by atoms with E-state index in [4.69, 9.17) is 9.97 Å². The van der Waals surface area contributed by atoms with Crippen molar-refractivity contribution in [2.24, 2.45) is 0 Å². The van der Waals surface area contributed by atoms with Crippen molar-refractivity contribution in [1.29, 1.82) is 0 Å². The zero-order valence-electron chi connectivity index (χ0n) is 30.4. The first-order chi connectivity index (χ1) is 27.8. The van der Waals surface area contributed by atoms with Crippen LogP contribution in [0.3, 0.4) is 0 Å². The lowest BCUT2D eigenvalue weighted by atomic mass is 9.97. The van der Waals surface area contributed by atoms with Crippen molar-refractivity contribution in [2.45, 2.75) is 0 Å². The number of rotatable bonds is 6. The maximum absolute atomic E-state index is 5.30. The second kappa shape index (κ2) is 13.1. The SMILES string of the molecule is c1ccc(-c2cc(-c3cccc4c5c(-c6ccc7c(c6)c6ccccc6n7-c6ccccc6)cccc5n(-c5ccccc5)c34)nc(-c3ccccc3)n2)cc1. The molecule has 0 N–H and O–H groups in total. The molecule has 0 saturated carbocycles. The number of aromatic nitrogens is 4. The molecule has 4 nitrogen and oxygen atoms in total. The molecule has 0 amide bonds. The third-order valence-corrected chi connectivity index (χ3v) is 10.9. The molecule has 11 rings (SSSR count). The van der Waals surface area contributed by atoms with Gasteiger partial charge >= 0.3 is 0 Å². The molecule has 0 aliphatic carbocycles. The minimum Gasteiger partial charge on any atom is -0.309 e. The summed E-state index contributed by atoms with van der Waals surface area (Å²) >= 11 is 0. The molecule has 11 aromatic rings. The minimum absolute atomic E-state index is 0.699. The van der Waals surface area contributed by atoms with Gasteiger partial charge < -0.3 is 9.13 Å². The van der Waals surface area contributed by atoms with Crippen molar-refractivity contribution in [2.75, 3.05) is 0 Å². The van der Waals surface area contributed by atoms with Gasteiger partial charge in [0.25, 0.3) is 0 Å². The Morgan fingerprint density at radius 3 is 1.62 bits per heavy atom. The van der Waals surface area contributed by atoms with E-state index in [1.54, 1.807) is 0 Å². The van der Waals surface area contributed by atoms with Crippen LogP contribution in [0.15, 0.2) is 206 Å². The van der Waals surface area contributed by atoms with Crippen molar-refractivity contribution in [3.63, 3.8) is 0 Å². The summed E-state index contributed by atoms with van der Waals surface area (Å²) in [6.45, 7) is 0. The summed E-state index contributed by atoms with van der Waals surface area (Å²) in [7, 11) is 0. The molecular weight excluding hydrogens is 681 g/mol. The topological polar surface area (TPSA) is 35.6 Å². The predicted octanol–water partition coefficient (Wildman–Crippen LogP) is 13.3. The fourth-order valence-corrected chi connectivity index (χ4v) is 8.46. The average Bonchev–Trinajstić information content (AvgIpc) is 3.80. The highest BCUT2D eigenvalue weighted by Gasteiger charge is 2.22. The van der Waals surface area contributed by atoms with Crippen LogP contribution >= 0.6 is 0 Å². The van der Waals surface area contributed by atoms with Crippen molar-refractivity contribution < 1.29 is 0 Å². The van der Waals surface area contributed by atoms with E-state index < -0.39 is 0 Å². The van der Waals surface area contributed by atoms with Crippen LogP contribution in [-0.2, 0) is 0 Å². The highest BCUT2D eigenvalue weighted by molar-refractivity contribution is 6.20. The smallest absolute Gasteiger partial charge is 0.160 e. The monoisotopic (exact) mass is 714 g/mol. The van der Waals surface area contributed by atoms with Crippen LogP contribution in [0.2, 0.25) is 0 Å². The zero-order valence-corrected chi connectivity index (χ0v) is 30.4. The average molecular weight is 715 g/mol. The lowest BCUT2D eigenvalue weighted by Crippen LogP contribution is -1.99. The normalized spacial score (nSPS) is 11.6. The fourth-order valence-electron chi connectivity index (χ4n) is 8.46. The zero-order chi connectivity index (χ0) is 37.0. The van der Waals surface area contributed by atoms with E-state index >= 15 is 0 Å². The summed E-state index contributed by atoms with van der Waals surface area (Å²) in [5, 5.41) is 4.85. The Bertz CT molecular complexity index is 3160. The quantitative estimate of drug-likeness (QED) is 0.172. The van der Waals surface area contributed by atoms with Crippen LogP contribution in [0.1, 0.15) is 0 Å². The molecule has 3 heterocycles. The number of nitrogens with zero attached hydrogens (tertiary/aromatic N) is 4. The predicted molar refractivity (Wildman–Crippen MR) is 232 cm³/mol. The van der Waals surface area contributed by atoms with Crippen LogP contribution in [0, 0.1) is 0 Å². The van der Waals surface area contributed by atoms with Gasteiger partial charge in [-0.15, -0.1) is 0 Å². The Balaban J connectivity index is 1.19. The molecule has 3 aromatic heterocycles. The van der Waals surface area contributed by atoms with E-state index in [-0.39, 0.29) is 0 Å². The third-order valence-electron chi connectivity index (χ3n) is 10.9. The van der Waals surface area contributed by atoms with Crippen molar-refractivity contribution >= 4 is 43.6 Å². The highest BCUT2D eigenvalue weighted by atomic mass is 15.0. The van der Waals surface area contributed by atoms with Gasteiger partial charge in [-0.25, -0.2) is 9.97 Å². The minimum atomic E-state index is 0.699. The summed E-state index contributed by atoms with van der Waals surface area (Å²) in [6, 6.07) is 73.2. The lowest BCUT2D eigenvalue weighted by molar-refractivity contribution is 1.16. The molecule has 0 unspecified atom stereocenters. The van der Waals surface area contributed by atoms with E-state index in [2.05, 4.69) is 191 Å². The number of hydrogen-bond donors (Lipinski definition) is 0. The largest absolute Gasteiger partial charge is 0.309 e.